The van der Waals surface area contributed by atoms with Gasteiger partial charge in [-0.1, -0.05) is 60.7 Å². The molecule has 4 aromatic rings. The Morgan fingerprint density at radius 1 is 0.818 bits per heavy atom. The molecule has 4 aromatic carbocycles. The van der Waals surface area contributed by atoms with Gasteiger partial charge in [-0.25, -0.2) is 0 Å². The van der Waals surface area contributed by atoms with Crippen LogP contribution in [-0.2, 0) is 27.5 Å². The first-order valence-corrected chi connectivity index (χ1v) is 14.3. The summed E-state index contributed by atoms with van der Waals surface area (Å²) in [6.45, 7) is 3.14. The largest absolute Gasteiger partial charge is 0.507 e. The molecular formula is C36H35NO7. The van der Waals surface area contributed by atoms with Gasteiger partial charge in [0.2, 0.25) is 0 Å². The van der Waals surface area contributed by atoms with Gasteiger partial charge < -0.3 is 29.0 Å². The number of amides is 1. The van der Waals surface area contributed by atoms with Crippen molar-refractivity contribution in [2.75, 3.05) is 27.4 Å². The van der Waals surface area contributed by atoms with Crippen molar-refractivity contribution in [3.05, 3.63) is 130 Å². The third kappa shape index (κ3) is 6.61. The topological polar surface area (TPSA) is 94.5 Å². The second-order valence-corrected chi connectivity index (χ2v) is 10.4. The number of ether oxygens (including phenoxy) is 4. The van der Waals surface area contributed by atoms with E-state index in [9.17, 15) is 14.7 Å². The van der Waals surface area contributed by atoms with Crippen molar-refractivity contribution >= 4 is 17.4 Å². The predicted octanol–water partition coefficient (Wildman–Crippen LogP) is 6.23. The predicted molar refractivity (Wildman–Crippen MR) is 167 cm³/mol. The lowest BCUT2D eigenvalue weighted by Gasteiger charge is -2.25. The zero-order chi connectivity index (χ0) is 31.1. The summed E-state index contributed by atoms with van der Waals surface area (Å²) >= 11 is 0. The van der Waals surface area contributed by atoms with Crippen LogP contribution in [0, 0.1) is 6.92 Å². The van der Waals surface area contributed by atoms with Crippen LogP contribution in [0.5, 0.6) is 17.2 Å². The first kappa shape index (κ1) is 30.4. The van der Waals surface area contributed by atoms with E-state index in [1.807, 2.05) is 61.5 Å². The van der Waals surface area contributed by atoms with Crippen LogP contribution in [-0.4, -0.2) is 49.1 Å². The summed E-state index contributed by atoms with van der Waals surface area (Å²) in [5.41, 5.74) is 4.16. The number of aliphatic hydroxyl groups excluding tert-OH is 1. The van der Waals surface area contributed by atoms with Gasteiger partial charge in [-0.2, -0.15) is 0 Å². The Kier molecular flexibility index (Phi) is 9.62. The minimum Gasteiger partial charge on any atom is -0.507 e. The molecule has 1 unspecified atom stereocenters. The average Bonchev–Trinajstić information content (AvgIpc) is 3.31. The van der Waals surface area contributed by atoms with E-state index < -0.39 is 17.7 Å². The van der Waals surface area contributed by atoms with Gasteiger partial charge in [-0.3, -0.25) is 9.59 Å². The number of carbonyl (C=O) groups excluding carboxylic acids is 2. The summed E-state index contributed by atoms with van der Waals surface area (Å²) in [7, 11) is 3.05. The van der Waals surface area contributed by atoms with Crippen LogP contribution < -0.4 is 14.2 Å². The van der Waals surface area contributed by atoms with Crippen molar-refractivity contribution in [2.24, 2.45) is 0 Å². The second-order valence-electron chi connectivity index (χ2n) is 10.4. The van der Waals surface area contributed by atoms with Crippen molar-refractivity contribution in [2.45, 2.75) is 26.2 Å². The SMILES string of the molecule is COCCN1C(=O)C(=O)C(=C(O)c2ccc(OCc3ccccc3C)cc2)C1c1ccc(OCc2ccccc2)c(OC)c1. The molecule has 1 amide bonds. The van der Waals surface area contributed by atoms with Gasteiger partial charge in [0.25, 0.3) is 11.7 Å². The third-order valence-corrected chi connectivity index (χ3v) is 7.60. The van der Waals surface area contributed by atoms with Crippen LogP contribution in [0.1, 0.15) is 33.9 Å². The van der Waals surface area contributed by atoms with Crippen LogP contribution in [0.3, 0.4) is 0 Å². The highest BCUT2D eigenvalue weighted by Crippen LogP contribution is 2.42. The molecule has 0 saturated carbocycles. The zero-order valence-corrected chi connectivity index (χ0v) is 25.0. The molecule has 8 nitrogen and oxygen atoms in total. The lowest BCUT2D eigenvalue weighted by molar-refractivity contribution is -0.140. The Labute approximate surface area is 257 Å². The Morgan fingerprint density at radius 2 is 1.55 bits per heavy atom. The maximum Gasteiger partial charge on any atom is 0.295 e. The van der Waals surface area contributed by atoms with Crippen molar-refractivity contribution < 1.29 is 33.6 Å². The molecule has 1 aliphatic rings. The summed E-state index contributed by atoms with van der Waals surface area (Å²) in [6, 6.07) is 28.9. The molecule has 1 saturated heterocycles. The van der Waals surface area contributed by atoms with Crippen molar-refractivity contribution in [1.29, 1.82) is 0 Å². The van der Waals surface area contributed by atoms with E-state index in [2.05, 4.69) is 0 Å². The van der Waals surface area contributed by atoms with E-state index >= 15 is 0 Å². The fourth-order valence-electron chi connectivity index (χ4n) is 5.15. The van der Waals surface area contributed by atoms with Crippen molar-refractivity contribution in [3.8, 4) is 17.2 Å². The molecule has 1 atom stereocenters. The smallest absolute Gasteiger partial charge is 0.295 e. The maximum atomic E-state index is 13.4. The minimum absolute atomic E-state index is 0.0142. The Balaban J connectivity index is 1.45. The van der Waals surface area contributed by atoms with Gasteiger partial charge in [-0.15, -0.1) is 0 Å². The van der Waals surface area contributed by atoms with E-state index in [1.165, 1.54) is 19.1 Å². The summed E-state index contributed by atoms with van der Waals surface area (Å²) in [6.07, 6.45) is 0. The monoisotopic (exact) mass is 593 g/mol. The van der Waals surface area contributed by atoms with Crippen molar-refractivity contribution in [3.63, 3.8) is 0 Å². The fraction of sp³-hybridized carbons (Fsp3) is 0.222. The van der Waals surface area contributed by atoms with Crippen LogP contribution in [0.25, 0.3) is 5.76 Å². The van der Waals surface area contributed by atoms with Gasteiger partial charge in [0.05, 0.1) is 25.3 Å². The molecule has 1 fully saturated rings. The highest BCUT2D eigenvalue weighted by molar-refractivity contribution is 6.46. The second kappa shape index (κ2) is 13.9. The Bertz CT molecular complexity index is 1650. The summed E-state index contributed by atoms with van der Waals surface area (Å²) in [4.78, 5) is 28.0. The van der Waals surface area contributed by atoms with Crippen LogP contribution in [0.15, 0.2) is 103 Å². The van der Waals surface area contributed by atoms with E-state index in [0.717, 1.165) is 16.7 Å². The summed E-state index contributed by atoms with van der Waals surface area (Å²) < 4.78 is 22.8. The van der Waals surface area contributed by atoms with Crippen LogP contribution in [0.4, 0.5) is 0 Å². The molecule has 1 aliphatic heterocycles. The highest BCUT2D eigenvalue weighted by Gasteiger charge is 2.46. The van der Waals surface area contributed by atoms with Crippen molar-refractivity contribution in [1.82, 2.24) is 4.90 Å². The van der Waals surface area contributed by atoms with E-state index in [4.69, 9.17) is 18.9 Å². The number of aryl methyl sites for hydroxylation is 1. The van der Waals surface area contributed by atoms with Gasteiger partial charge in [-0.05, 0) is 65.6 Å². The summed E-state index contributed by atoms with van der Waals surface area (Å²) in [5, 5.41) is 11.5. The number of rotatable bonds is 12. The number of ketones is 1. The Morgan fingerprint density at radius 3 is 2.25 bits per heavy atom. The highest BCUT2D eigenvalue weighted by atomic mass is 16.5. The lowest BCUT2D eigenvalue weighted by atomic mass is 9.95. The number of benzene rings is 4. The standard InChI is InChI=1S/C36H35NO7/c1-24-9-7-8-12-28(24)23-43-29-16-13-26(14-17-29)34(38)32-33(37(19-20-41-2)36(40)35(32)39)27-15-18-30(31(21-27)42-3)44-22-25-10-5-4-6-11-25/h4-18,21,33,38H,19-20,22-23H2,1-3H3. The number of carbonyl (C=O) groups is 2. The molecule has 0 aliphatic carbocycles. The Hall–Kier alpha value is -5.08. The molecule has 5 rings (SSSR count). The molecule has 0 radical (unpaired) electrons. The van der Waals surface area contributed by atoms with Gasteiger partial charge >= 0.3 is 0 Å². The fourth-order valence-corrected chi connectivity index (χ4v) is 5.15. The number of aliphatic hydroxyl groups is 1. The number of methoxy groups -OCH3 is 2. The quantitative estimate of drug-likeness (QED) is 0.118. The minimum atomic E-state index is -0.862. The average molecular weight is 594 g/mol. The van der Waals surface area contributed by atoms with E-state index in [-0.39, 0.29) is 24.5 Å². The van der Waals surface area contributed by atoms with E-state index in [1.54, 1.807) is 42.5 Å². The maximum absolute atomic E-state index is 13.4. The molecule has 8 heteroatoms. The zero-order valence-electron chi connectivity index (χ0n) is 25.0. The number of likely N-dealkylation sites (tertiary alicyclic amines) is 1. The normalized spacial score (nSPS) is 15.8. The third-order valence-electron chi connectivity index (χ3n) is 7.60. The molecule has 1 heterocycles. The summed E-state index contributed by atoms with van der Waals surface area (Å²) in [5.74, 6) is -0.206. The molecule has 0 aromatic heterocycles. The molecule has 0 spiro atoms. The van der Waals surface area contributed by atoms with Gasteiger partial charge in [0, 0.05) is 19.2 Å². The molecule has 44 heavy (non-hydrogen) atoms. The number of hydrogen-bond donors (Lipinski definition) is 1. The van der Waals surface area contributed by atoms with Gasteiger partial charge in [0.15, 0.2) is 11.5 Å². The van der Waals surface area contributed by atoms with Crippen LogP contribution in [0.2, 0.25) is 0 Å². The number of nitrogens with zero attached hydrogens (tertiary/aromatic N) is 1. The molecule has 1 N–H and O–H groups in total. The first-order valence-electron chi connectivity index (χ1n) is 14.3. The molecular weight excluding hydrogens is 558 g/mol. The van der Waals surface area contributed by atoms with Crippen LogP contribution >= 0.6 is 0 Å². The number of Topliss-reactive ketones (excluding diaryl/α,β-unsaturated/α-hetero) is 1. The molecule has 226 valence electrons. The molecule has 0 bridgehead atoms. The first-order chi connectivity index (χ1) is 21.4. The lowest BCUT2D eigenvalue weighted by Crippen LogP contribution is -2.32. The number of hydrogen-bond acceptors (Lipinski definition) is 7. The van der Waals surface area contributed by atoms with Gasteiger partial charge in [0.1, 0.15) is 24.7 Å². The van der Waals surface area contributed by atoms with E-state index in [0.29, 0.717) is 41.6 Å².